The number of para-hydroxylation sites is 1. The lowest BCUT2D eigenvalue weighted by Crippen LogP contribution is -2.38. The molecule has 2 aromatic carbocycles. The maximum absolute atomic E-state index is 12.7. The van der Waals surface area contributed by atoms with E-state index >= 15 is 0 Å². The molecule has 0 spiro atoms. The number of amides is 2. The van der Waals surface area contributed by atoms with E-state index in [4.69, 9.17) is 0 Å². The first-order valence-corrected chi connectivity index (χ1v) is 8.18. The lowest BCUT2D eigenvalue weighted by Gasteiger charge is -2.22. The van der Waals surface area contributed by atoms with Gasteiger partial charge in [0.05, 0.1) is 12.2 Å². The number of phenolic OH excluding ortho intramolecular Hbond substituents is 1. The fourth-order valence-corrected chi connectivity index (χ4v) is 3.15. The van der Waals surface area contributed by atoms with Crippen molar-refractivity contribution >= 4 is 34.3 Å². The molecule has 1 heterocycles. The topological polar surface area (TPSA) is 64.9 Å². The standard InChI is InChI=1S/C17H17N3O2S/c1-12-11-18-17(23-12)20(14-7-9-15(21)10-8-14)16(22)19-13-5-3-2-4-6-13/h2-10,12,21H,11H2,1H3,(H,19,22)/t12-/m1/s1. The number of aromatic hydroxyl groups is 1. The lowest BCUT2D eigenvalue weighted by atomic mass is 10.3. The summed E-state index contributed by atoms with van der Waals surface area (Å²) < 4.78 is 0. The molecule has 0 bridgehead atoms. The highest BCUT2D eigenvalue weighted by Crippen LogP contribution is 2.28. The molecule has 0 radical (unpaired) electrons. The van der Waals surface area contributed by atoms with Crippen LogP contribution in [0, 0.1) is 0 Å². The van der Waals surface area contributed by atoms with Gasteiger partial charge in [0.2, 0.25) is 0 Å². The highest BCUT2D eigenvalue weighted by atomic mass is 32.2. The molecule has 0 aromatic heterocycles. The summed E-state index contributed by atoms with van der Waals surface area (Å²) in [6.07, 6.45) is 0. The van der Waals surface area contributed by atoms with Gasteiger partial charge in [-0.1, -0.05) is 36.9 Å². The summed E-state index contributed by atoms with van der Waals surface area (Å²) in [5.74, 6) is 0.159. The third-order valence-corrected chi connectivity index (χ3v) is 4.39. The summed E-state index contributed by atoms with van der Waals surface area (Å²) in [4.78, 5) is 18.8. The molecule has 2 amide bonds. The van der Waals surface area contributed by atoms with Crippen molar-refractivity contribution in [3.05, 3.63) is 54.6 Å². The second kappa shape index (κ2) is 6.75. The number of phenols is 1. The Bertz CT molecular complexity index is 716. The number of rotatable bonds is 2. The van der Waals surface area contributed by atoms with E-state index in [1.54, 1.807) is 40.9 Å². The largest absolute Gasteiger partial charge is 0.508 e. The third-order valence-electron chi connectivity index (χ3n) is 3.32. The molecule has 1 aliphatic rings. The minimum Gasteiger partial charge on any atom is -0.508 e. The zero-order valence-electron chi connectivity index (χ0n) is 12.6. The van der Waals surface area contributed by atoms with Crippen LogP contribution in [-0.4, -0.2) is 28.1 Å². The van der Waals surface area contributed by atoms with Gasteiger partial charge in [-0.05, 0) is 36.4 Å². The molecule has 0 unspecified atom stereocenters. The van der Waals surface area contributed by atoms with E-state index in [0.29, 0.717) is 22.6 Å². The summed E-state index contributed by atoms with van der Waals surface area (Å²) in [6, 6.07) is 15.5. The molecule has 1 atom stereocenters. The van der Waals surface area contributed by atoms with E-state index in [0.717, 1.165) is 5.69 Å². The van der Waals surface area contributed by atoms with E-state index in [-0.39, 0.29) is 11.8 Å². The van der Waals surface area contributed by atoms with E-state index in [2.05, 4.69) is 17.2 Å². The average Bonchev–Trinajstić information content (AvgIpc) is 2.96. The minimum atomic E-state index is -0.276. The molecule has 23 heavy (non-hydrogen) atoms. The van der Waals surface area contributed by atoms with Crippen LogP contribution in [-0.2, 0) is 0 Å². The van der Waals surface area contributed by atoms with Crippen LogP contribution >= 0.6 is 11.8 Å². The predicted molar refractivity (Wildman–Crippen MR) is 95.4 cm³/mol. The Morgan fingerprint density at radius 1 is 1.22 bits per heavy atom. The molecule has 0 aliphatic carbocycles. The number of hydrogen-bond acceptors (Lipinski definition) is 4. The summed E-state index contributed by atoms with van der Waals surface area (Å²) >= 11 is 1.56. The van der Waals surface area contributed by atoms with Gasteiger partial charge < -0.3 is 10.4 Å². The van der Waals surface area contributed by atoms with Gasteiger partial charge in [0.1, 0.15) is 5.75 Å². The van der Waals surface area contributed by atoms with Crippen molar-refractivity contribution in [2.45, 2.75) is 12.2 Å². The molecule has 1 aliphatic heterocycles. The number of hydrogen-bond donors (Lipinski definition) is 2. The number of anilines is 2. The lowest BCUT2D eigenvalue weighted by molar-refractivity contribution is 0.259. The van der Waals surface area contributed by atoms with Gasteiger partial charge in [-0.2, -0.15) is 0 Å². The van der Waals surface area contributed by atoms with E-state index < -0.39 is 0 Å². The number of nitrogens with zero attached hydrogens (tertiary/aromatic N) is 2. The predicted octanol–water partition coefficient (Wildman–Crippen LogP) is 3.92. The molecule has 0 saturated heterocycles. The smallest absolute Gasteiger partial charge is 0.332 e. The second-order valence-electron chi connectivity index (χ2n) is 5.20. The highest BCUT2D eigenvalue weighted by molar-refractivity contribution is 8.15. The Balaban J connectivity index is 1.88. The Morgan fingerprint density at radius 2 is 1.91 bits per heavy atom. The maximum Gasteiger partial charge on any atom is 0.332 e. The average molecular weight is 327 g/mol. The van der Waals surface area contributed by atoms with Crippen LogP contribution < -0.4 is 10.2 Å². The fourth-order valence-electron chi connectivity index (χ4n) is 2.20. The van der Waals surface area contributed by atoms with E-state index in [1.165, 1.54) is 0 Å². The first-order chi connectivity index (χ1) is 11.1. The summed E-state index contributed by atoms with van der Waals surface area (Å²) in [7, 11) is 0. The zero-order chi connectivity index (χ0) is 16.2. The Kier molecular flexibility index (Phi) is 4.52. The summed E-state index contributed by atoms with van der Waals surface area (Å²) in [5, 5.41) is 13.3. The van der Waals surface area contributed by atoms with Crippen LogP contribution in [0.2, 0.25) is 0 Å². The number of urea groups is 1. The molecule has 0 fully saturated rings. The number of benzene rings is 2. The van der Waals surface area contributed by atoms with Crippen LogP contribution in [0.15, 0.2) is 59.6 Å². The van der Waals surface area contributed by atoms with Gasteiger partial charge in [0, 0.05) is 10.9 Å². The normalized spacial score (nSPS) is 16.7. The van der Waals surface area contributed by atoms with Crippen LogP contribution in [0.4, 0.5) is 16.2 Å². The number of carbonyl (C=O) groups excluding carboxylic acids is 1. The number of nitrogens with one attached hydrogen (secondary N) is 1. The van der Waals surface area contributed by atoms with Gasteiger partial charge in [-0.25, -0.2) is 9.69 Å². The van der Waals surface area contributed by atoms with Crippen molar-refractivity contribution in [1.82, 2.24) is 0 Å². The van der Waals surface area contributed by atoms with Crippen LogP contribution in [0.5, 0.6) is 5.75 Å². The van der Waals surface area contributed by atoms with E-state index in [1.807, 2.05) is 30.3 Å². The van der Waals surface area contributed by atoms with Crippen LogP contribution in [0.3, 0.4) is 0 Å². The molecule has 118 valence electrons. The Labute approximate surface area is 139 Å². The monoisotopic (exact) mass is 327 g/mol. The second-order valence-corrected chi connectivity index (χ2v) is 6.61. The summed E-state index contributed by atoms with van der Waals surface area (Å²) in [5.41, 5.74) is 1.38. The molecule has 2 aromatic rings. The molecular formula is C17H17N3O2S. The highest BCUT2D eigenvalue weighted by Gasteiger charge is 2.27. The number of carbonyl (C=O) groups is 1. The fraction of sp³-hybridized carbons (Fsp3) is 0.176. The first-order valence-electron chi connectivity index (χ1n) is 7.30. The first kappa shape index (κ1) is 15.4. The van der Waals surface area contributed by atoms with Gasteiger partial charge in [0.15, 0.2) is 5.17 Å². The Morgan fingerprint density at radius 3 is 2.52 bits per heavy atom. The third kappa shape index (κ3) is 3.65. The minimum absolute atomic E-state index is 0.159. The molecular weight excluding hydrogens is 310 g/mol. The number of amidine groups is 1. The molecule has 3 rings (SSSR count). The number of thioether (sulfide) groups is 1. The van der Waals surface area contributed by atoms with Crippen molar-refractivity contribution in [3.63, 3.8) is 0 Å². The van der Waals surface area contributed by atoms with Gasteiger partial charge in [0.25, 0.3) is 0 Å². The number of aliphatic imine (C=N–C) groups is 1. The SMILES string of the molecule is C[C@@H]1CN=C(N(C(=O)Nc2ccccc2)c2ccc(O)cc2)S1. The summed E-state index contributed by atoms with van der Waals surface area (Å²) in [6.45, 7) is 2.76. The molecule has 6 heteroatoms. The molecule has 0 saturated carbocycles. The maximum atomic E-state index is 12.7. The zero-order valence-corrected chi connectivity index (χ0v) is 13.5. The van der Waals surface area contributed by atoms with Crippen molar-refractivity contribution in [2.75, 3.05) is 16.8 Å². The molecule has 5 nitrogen and oxygen atoms in total. The quantitative estimate of drug-likeness (QED) is 0.878. The van der Waals surface area contributed by atoms with Crippen LogP contribution in [0.25, 0.3) is 0 Å². The van der Waals surface area contributed by atoms with Crippen molar-refractivity contribution in [1.29, 1.82) is 0 Å². The van der Waals surface area contributed by atoms with Crippen molar-refractivity contribution < 1.29 is 9.90 Å². The van der Waals surface area contributed by atoms with E-state index in [9.17, 15) is 9.90 Å². The van der Waals surface area contributed by atoms with Gasteiger partial charge in [-0.15, -0.1) is 0 Å². The van der Waals surface area contributed by atoms with Gasteiger partial charge >= 0.3 is 6.03 Å². The van der Waals surface area contributed by atoms with Gasteiger partial charge in [-0.3, -0.25) is 4.99 Å². The Hall–Kier alpha value is -2.47. The van der Waals surface area contributed by atoms with Crippen LogP contribution in [0.1, 0.15) is 6.92 Å². The molecule has 2 N–H and O–H groups in total. The van der Waals surface area contributed by atoms with Crippen molar-refractivity contribution in [2.24, 2.45) is 4.99 Å². The van der Waals surface area contributed by atoms with Crippen molar-refractivity contribution in [3.8, 4) is 5.75 Å².